The molecule has 0 unspecified atom stereocenters. The van der Waals surface area contributed by atoms with Gasteiger partial charge in [-0.05, 0) is 39.8 Å². The Labute approximate surface area is 128 Å². The molecular weight excluding hydrogens is 242 g/mol. The van der Waals surface area contributed by atoms with Crippen molar-refractivity contribution in [3.63, 3.8) is 0 Å². The van der Waals surface area contributed by atoms with Crippen molar-refractivity contribution >= 4 is 0 Å². The highest BCUT2D eigenvalue weighted by Crippen LogP contribution is 2.07. The SMILES string of the molecule is CCCCCCCN(CC=C(C)C)CCCCCCC. The number of unbranched alkanes of at least 4 members (excludes halogenated alkanes) is 8. The van der Waals surface area contributed by atoms with E-state index in [0.29, 0.717) is 0 Å². The summed E-state index contributed by atoms with van der Waals surface area (Å²) in [5.74, 6) is 0. The van der Waals surface area contributed by atoms with E-state index in [2.05, 4.69) is 38.7 Å². The lowest BCUT2D eigenvalue weighted by molar-refractivity contribution is 0.286. The summed E-state index contributed by atoms with van der Waals surface area (Å²) < 4.78 is 0. The van der Waals surface area contributed by atoms with Crippen molar-refractivity contribution in [1.82, 2.24) is 4.90 Å². The van der Waals surface area contributed by atoms with Crippen LogP contribution in [-0.4, -0.2) is 24.5 Å². The van der Waals surface area contributed by atoms with Gasteiger partial charge in [-0.25, -0.2) is 0 Å². The van der Waals surface area contributed by atoms with Gasteiger partial charge in [0.2, 0.25) is 0 Å². The first-order valence-corrected chi connectivity index (χ1v) is 9.06. The Morgan fingerprint density at radius 3 is 1.55 bits per heavy atom. The van der Waals surface area contributed by atoms with Crippen molar-refractivity contribution in [3.05, 3.63) is 11.6 Å². The molecule has 0 aliphatic rings. The lowest BCUT2D eigenvalue weighted by Crippen LogP contribution is -2.26. The fourth-order valence-electron chi connectivity index (χ4n) is 2.48. The molecule has 0 bridgehead atoms. The van der Waals surface area contributed by atoms with Gasteiger partial charge >= 0.3 is 0 Å². The van der Waals surface area contributed by atoms with E-state index in [-0.39, 0.29) is 0 Å². The van der Waals surface area contributed by atoms with Crippen LogP contribution in [0.2, 0.25) is 0 Å². The molecule has 0 radical (unpaired) electrons. The molecule has 0 aromatic rings. The smallest absolute Gasteiger partial charge is 0.0165 e. The summed E-state index contributed by atoms with van der Waals surface area (Å²) in [6, 6.07) is 0. The van der Waals surface area contributed by atoms with Crippen LogP contribution in [0, 0.1) is 0 Å². The van der Waals surface area contributed by atoms with Crippen LogP contribution >= 0.6 is 0 Å². The number of rotatable bonds is 14. The van der Waals surface area contributed by atoms with Gasteiger partial charge in [0.1, 0.15) is 0 Å². The van der Waals surface area contributed by atoms with Crippen molar-refractivity contribution in [2.45, 2.75) is 91.9 Å². The highest BCUT2D eigenvalue weighted by Gasteiger charge is 2.03. The Morgan fingerprint density at radius 2 is 1.15 bits per heavy atom. The summed E-state index contributed by atoms with van der Waals surface area (Å²) >= 11 is 0. The van der Waals surface area contributed by atoms with Crippen molar-refractivity contribution in [2.24, 2.45) is 0 Å². The monoisotopic (exact) mass is 281 g/mol. The molecule has 20 heavy (non-hydrogen) atoms. The van der Waals surface area contributed by atoms with E-state index in [4.69, 9.17) is 0 Å². The molecule has 0 aliphatic carbocycles. The fraction of sp³-hybridized carbons (Fsp3) is 0.895. The van der Waals surface area contributed by atoms with Crippen LogP contribution in [0.1, 0.15) is 91.9 Å². The number of allylic oxidation sites excluding steroid dienone is 1. The molecule has 0 aromatic carbocycles. The second-order valence-electron chi connectivity index (χ2n) is 6.41. The Morgan fingerprint density at radius 1 is 0.700 bits per heavy atom. The van der Waals surface area contributed by atoms with Crippen LogP contribution < -0.4 is 0 Å². The quantitative estimate of drug-likeness (QED) is 0.271. The van der Waals surface area contributed by atoms with Gasteiger partial charge in [0.25, 0.3) is 0 Å². The van der Waals surface area contributed by atoms with Crippen LogP contribution in [0.4, 0.5) is 0 Å². The molecule has 0 N–H and O–H groups in total. The van der Waals surface area contributed by atoms with Crippen LogP contribution in [0.25, 0.3) is 0 Å². The lowest BCUT2D eigenvalue weighted by atomic mass is 10.1. The van der Waals surface area contributed by atoms with E-state index in [1.807, 2.05) is 0 Å². The predicted octanol–water partition coefficient (Wildman–Crippen LogP) is 6.20. The molecule has 0 saturated carbocycles. The van der Waals surface area contributed by atoms with Crippen molar-refractivity contribution in [2.75, 3.05) is 19.6 Å². The zero-order valence-corrected chi connectivity index (χ0v) is 14.7. The molecule has 0 fully saturated rings. The third-order valence-corrected chi connectivity index (χ3v) is 3.91. The fourth-order valence-corrected chi connectivity index (χ4v) is 2.48. The molecule has 0 atom stereocenters. The van der Waals surface area contributed by atoms with Crippen molar-refractivity contribution in [1.29, 1.82) is 0 Å². The minimum absolute atomic E-state index is 1.16. The van der Waals surface area contributed by atoms with Crippen LogP contribution in [0.3, 0.4) is 0 Å². The summed E-state index contributed by atoms with van der Waals surface area (Å²) in [7, 11) is 0. The largest absolute Gasteiger partial charge is 0.300 e. The zero-order valence-electron chi connectivity index (χ0n) is 14.7. The Kier molecular flexibility index (Phi) is 14.9. The molecule has 0 heterocycles. The summed E-state index contributed by atoms with van der Waals surface area (Å²) in [6.07, 6.45) is 16.3. The molecule has 0 spiro atoms. The van der Waals surface area contributed by atoms with E-state index < -0.39 is 0 Å². The third kappa shape index (κ3) is 14.1. The van der Waals surface area contributed by atoms with Gasteiger partial charge in [-0.2, -0.15) is 0 Å². The standard InChI is InChI=1S/C19H39N/c1-5-7-9-11-13-16-20(18-15-19(3)4)17-14-12-10-8-6-2/h15H,5-14,16-18H2,1-4H3. The molecule has 120 valence electrons. The minimum atomic E-state index is 1.16. The first-order chi connectivity index (χ1) is 9.70. The van der Waals surface area contributed by atoms with Crippen molar-refractivity contribution < 1.29 is 0 Å². The number of hydrogen-bond donors (Lipinski definition) is 0. The second kappa shape index (κ2) is 15.1. The molecule has 0 aromatic heterocycles. The zero-order chi connectivity index (χ0) is 15.1. The summed E-state index contributed by atoms with van der Waals surface area (Å²) in [5.41, 5.74) is 1.45. The first kappa shape index (κ1) is 19.7. The molecule has 1 heteroatoms. The number of nitrogens with zero attached hydrogens (tertiary/aromatic N) is 1. The minimum Gasteiger partial charge on any atom is -0.300 e. The summed E-state index contributed by atoms with van der Waals surface area (Å²) in [6.45, 7) is 12.7. The van der Waals surface area contributed by atoms with Crippen LogP contribution in [0.15, 0.2) is 11.6 Å². The molecule has 0 aliphatic heterocycles. The molecule has 0 saturated heterocycles. The van der Waals surface area contributed by atoms with Crippen molar-refractivity contribution in [3.8, 4) is 0 Å². The van der Waals surface area contributed by atoms with E-state index in [0.717, 1.165) is 6.54 Å². The Balaban J connectivity index is 3.79. The molecule has 1 nitrogen and oxygen atoms in total. The van der Waals surface area contributed by atoms with Gasteiger partial charge in [0.15, 0.2) is 0 Å². The maximum Gasteiger partial charge on any atom is 0.0165 e. The number of hydrogen-bond acceptors (Lipinski definition) is 1. The van der Waals surface area contributed by atoms with Crippen LogP contribution in [-0.2, 0) is 0 Å². The van der Waals surface area contributed by atoms with E-state index >= 15 is 0 Å². The van der Waals surface area contributed by atoms with Gasteiger partial charge in [0.05, 0.1) is 0 Å². The molecule has 0 rings (SSSR count). The average molecular weight is 282 g/mol. The second-order valence-corrected chi connectivity index (χ2v) is 6.41. The van der Waals surface area contributed by atoms with Gasteiger partial charge in [-0.15, -0.1) is 0 Å². The first-order valence-electron chi connectivity index (χ1n) is 9.06. The van der Waals surface area contributed by atoms with Crippen LogP contribution in [0.5, 0.6) is 0 Å². The predicted molar refractivity (Wildman–Crippen MR) is 93.4 cm³/mol. The van der Waals surface area contributed by atoms with Gasteiger partial charge in [-0.3, -0.25) is 4.90 Å². The van der Waals surface area contributed by atoms with E-state index in [9.17, 15) is 0 Å². The third-order valence-electron chi connectivity index (χ3n) is 3.91. The van der Waals surface area contributed by atoms with E-state index in [1.54, 1.807) is 0 Å². The Hall–Kier alpha value is -0.300. The molecular formula is C19H39N. The average Bonchev–Trinajstić information content (AvgIpc) is 2.43. The van der Waals surface area contributed by atoms with Gasteiger partial charge in [0, 0.05) is 6.54 Å². The maximum atomic E-state index is 2.66. The topological polar surface area (TPSA) is 3.24 Å². The highest BCUT2D eigenvalue weighted by molar-refractivity contribution is 4.94. The lowest BCUT2D eigenvalue weighted by Gasteiger charge is -2.21. The maximum absolute atomic E-state index is 2.66. The highest BCUT2D eigenvalue weighted by atomic mass is 15.1. The van der Waals surface area contributed by atoms with Gasteiger partial charge < -0.3 is 0 Å². The van der Waals surface area contributed by atoms with E-state index in [1.165, 1.54) is 82.9 Å². The summed E-state index contributed by atoms with van der Waals surface area (Å²) in [4.78, 5) is 2.66. The van der Waals surface area contributed by atoms with Gasteiger partial charge in [-0.1, -0.05) is 76.9 Å². The molecule has 0 amide bonds. The Bertz CT molecular complexity index is 202. The summed E-state index contributed by atoms with van der Waals surface area (Å²) in [5, 5.41) is 0. The normalized spacial score (nSPS) is 11.1.